The minimum absolute atomic E-state index is 0.315. The molecule has 0 radical (unpaired) electrons. The smallest absolute Gasteiger partial charge is 0.247 e. The highest BCUT2D eigenvalue weighted by molar-refractivity contribution is 5.39. The summed E-state index contributed by atoms with van der Waals surface area (Å²) in [5, 5.41) is 11.4. The molecular formula is C12H19N5O. The summed E-state index contributed by atoms with van der Waals surface area (Å²) in [6.45, 7) is 3.76. The molecule has 18 heavy (non-hydrogen) atoms. The number of aromatic nitrogens is 3. The molecule has 1 aromatic rings. The van der Waals surface area contributed by atoms with Gasteiger partial charge in [-0.2, -0.15) is 10.1 Å². The zero-order valence-electron chi connectivity index (χ0n) is 10.5. The standard InChI is InChI=1S/C12H19N5O/c1-2-6-17(5-1)12-15-11(9-14-16-12)13-8-10-4-3-7-18-10/h9-10H,1-8H2,(H,13,15,16). The molecule has 0 aliphatic carbocycles. The summed E-state index contributed by atoms with van der Waals surface area (Å²) in [7, 11) is 0. The molecule has 3 heterocycles. The fraction of sp³-hybridized carbons (Fsp3) is 0.750. The van der Waals surface area contributed by atoms with Crippen LogP contribution in [0.3, 0.4) is 0 Å². The Morgan fingerprint density at radius 3 is 3.00 bits per heavy atom. The monoisotopic (exact) mass is 249 g/mol. The molecule has 0 aromatic carbocycles. The van der Waals surface area contributed by atoms with E-state index in [4.69, 9.17) is 4.74 Å². The van der Waals surface area contributed by atoms with Crippen LogP contribution in [0.4, 0.5) is 11.8 Å². The fourth-order valence-electron chi connectivity index (χ4n) is 2.45. The lowest BCUT2D eigenvalue weighted by molar-refractivity contribution is 0.120. The molecular weight excluding hydrogens is 230 g/mol. The van der Waals surface area contributed by atoms with Gasteiger partial charge in [0.15, 0.2) is 5.82 Å². The van der Waals surface area contributed by atoms with E-state index in [0.717, 1.165) is 50.8 Å². The van der Waals surface area contributed by atoms with E-state index < -0.39 is 0 Å². The van der Waals surface area contributed by atoms with Crippen LogP contribution < -0.4 is 10.2 Å². The molecule has 98 valence electrons. The summed E-state index contributed by atoms with van der Waals surface area (Å²) in [5.41, 5.74) is 0. The molecule has 2 saturated heterocycles. The molecule has 1 atom stereocenters. The zero-order valence-corrected chi connectivity index (χ0v) is 10.5. The van der Waals surface area contributed by atoms with Crippen LogP contribution in [0, 0.1) is 0 Å². The Kier molecular flexibility index (Phi) is 3.54. The van der Waals surface area contributed by atoms with E-state index in [2.05, 4.69) is 25.4 Å². The number of hydrogen-bond donors (Lipinski definition) is 1. The van der Waals surface area contributed by atoms with Gasteiger partial charge in [-0.05, 0) is 25.7 Å². The lowest BCUT2D eigenvalue weighted by Crippen LogP contribution is -2.23. The van der Waals surface area contributed by atoms with Crippen molar-refractivity contribution in [3.8, 4) is 0 Å². The Morgan fingerprint density at radius 1 is 1.33 bits per heavy atom. The van der Waals surface area contributed by atoms with Crippen LogP contribution in [0.1, 0.15) is 25.7 Å². The van der Waals surface area contributed by atoms with Gasteiger partial charge in [-0.1, -0.05) is 0 Å². The summed E-state index contributed by atoms with van der Waals surface area (Å²) in [6.07, 6.45) is 6.72. The highest BCUT2D eigenvalue weighted by Crippen LogP contribution is 2.17. The Bertz CT molecular complexity index is 388. The number of nitrogens with one attached hydrogen (secondary N) is 1. The van der Waals surface area contributed by atoms with E-state index >= 15 is 0 Å². The second-order valence-corrected chi connectivity index (χ2v) is 4.85. The first-order valence-corrected chi connectivity index (χ1v) is 6.72. The van der Waals surface area contributed by atoms with Crippen molar-refractivity contribution >= 4 is 11.8 Å². The first-order chi connectivity index (χ1) is 8.92. The topological polar surface area (TPSA) is 63.2 Å². The normalized spacial score (nSPS) is 23.6. The average molecular weight is 249 g/mol. The second-order valence-electron chi connectivity index (χ2n) is 4.85. The molecule has 0 amide bonds. The fourth-order valence-corrected chi connectivity index (χ4v) is 2.45. The molecule has 2 fully saturated rings. The predicted molar refractivity (Wildman–Crippen MR) is 68.7 cm³/mol. The Labute approximate surface area is 107 Å². The van der Waals surface area contributed by atoms with Gasteiger partial charge >= 0.3 is 0 Å². The van der Waals surface area contributed by atoms with Crippen LogP contribution in [0.25, 0.3) is 0 Å². The largest absolute Gasteiger partial charge is 0.376 e. The third kappa shape index (κ3) is 2.69. The van der Waals surface area contributed by atoms with E-state index in [9.17, 15) is 0 Å². The van der Waals surface area contributed by atoms with Gasteiger partial charge in [0.1, 0.15) is 0 Å². The van der Waals surface area contributed by atoms with E-state index in [1.807, 2.05) is 0 Å². The molecule has 0 bridgehead atoms. The van der Waals surface area contributed by atoms with Crippen molar-refractivity contribution in [2.45, 2.75) is 31.8 Å². The highest BCUT2D eigenvalue weighted by Gasteiger charge is 2.17. The van der Waals surface area contributed by atoms with E-state index in [1.54, 1.807) is 6.20 Å². The third-order valence-corrected chi connectivity index (χ3v) is 3.47. The molecule has 3 rings (SSSR count). The lowest BCUT2D eigenvalue weighted by Gasteiger charge is -2.15. The Balaban J connectivity index is 1.59. The van der Waals surface area contributed by atoms with Gasteiger partial charge < -0.3 is 15.0 Å². The van der Waals surface area contributed by atoms with Gasteiger partial charge in [-0.25, -0.2) is 0 Å². The third-order valence-electron chi connectivity index (χ3n) is 3.47. The van der Waals surface area contributed by atoms with Gasteiger partial charge in [-0.3, -0.25) is 0 Å². The number of anilines is 2. The number of hydrogen-bond acceptors (Lipinski definition) is 6. The zero-order chi connectivity index (χ0) is 12.2. The summed E-state index contributed by atoms with van der Waals surface area (Å²) in [6, 6.07) is 0. The van der Waals surface area contributed by atoms with Gasteiger partial charge in [0, 0.05) is 26.2 Å². The molecule has 6 heteroatoms. The summed E-state index contributed by atoms with van der Waals surface area (Å²) in [5.74, 6) is 1.53. The SMILES string of the molecule is c1nnc(N2CCCC2)nc1NCC1CCCO1. The second kappa shape index (κ2) is 5.48. The molecule has 1 unspecified atom stereocenters. The highest BCUT2D eigenvalue weighted by atomic mass is 16.5. The molecule has 0 saturated carbocycles. The van der Waals surface area contributed by atoms with Crippen LogP contribution in [-0.4, -0.2) is 47.5 Å². The Hall–Kier alpha value is -1.43. The molecule has 2 aliphatic rings. The summed E-state index contributed by atoms with van der Waals surface area (Å²) in [4.78, 5) is 6.69. The molecule has 1 aromatic heterocycles. The first kappa shape index (κ1) is 11.6. The van der Waals surface area contributed by atoms with Crippen molar-refractivity contribution in [1.29, 1.82) is 0 Å². The minimum Gasteiger partial charge on any atom is -0.376 e. The quantitative estimate of drug-likeness (QED) is 0.861. The maximum absolute atomic E-state index is 5.57. The van der Waals surface area contributed by atoms with E-state index in [0.29, 0.717) is 6.10 Å². The molecule has 6 nitrogen and oxygen atoms in total. The summed E-state index contributed by atoms with van der Waals surface area (Å²) >= 11 is 0. The predicted octanol–water partition coefficient (Wildman–Crippen LogP) is 1.06. The van der Waals surface area contributed by atoms with Crippen LogP contribution in [0.2, 0.25) is 0 Å². The minimum atomic E-state index is 0.315. The van der Waals surface area contributed by atoms with Crippen molar-refractivity contribution in [3.63, 3.8) is 0 Å². The average Bonchev–Trinajstić information content (AvgIpc) is 3.10. The van der Waals surface area contributed by atoms with E-state index in [1.165, 1.54) is 12.8 Å². The number of rotatable bonds is 4. The van der Waals surface area contributed by atoms with Crippen LogP contribution in [0.5, 0.6) is 0 Å². The maximum atomic E-state index is 5.57. The number of nitrogens with zero attached hydrogens (tertiary/aromatic N) is 4. The van der Waals surface area contributed by atoms with Crippen molar-refractivity contribution in [2.75, 3.05) is 36.5 Å². The Morgan fingerprint density at radius 2 is 2.22 bits per heavy atom. The first-order valence-electron chi connectivity index (χ1n) is 6.72. The van der Waals surface area contributed by atoms with Crippen LogP contribution in [0.15, 0.2) is 6.20 Å². The van der Waals surface area contributed by atoms with Crippen LogP contribution in [-0.2, 0) is 4.74 Å². The van der Waals surface area contributed by atoms with E-state index in [-0.39, 0.29) is 0 Å². The van der Waals surface area contributed by atoms with Gasteiger partial charge in [0.2, 0.25) is 5.95 Å². The van der Waals surface area contributed by atoms with Crippen molar-refractivity contribution in [3.05, 3.63) is 6.20 Å². The molecule has 1 N–H and O–H groups in total. The van der Waals surface area contributed by atoms with Crippen molar-refractivity contribution in [1.82, 2.24) is 15.2 Å². The van der Waals surface area contributed by atoms with Crippen LogP contribution >= 0.6 is 0 Å². The van der Waals surface area contributed by atoms with Gasteiger partial charge in [0.25, 0.3) is 0 Å². The van der Waals surface area contributed by atoms with Gasteiger partial charge in [-0.15, -0.1) is 5.10 Å². The lowest BCUT2D eigenvalue weighted by atomic mass is 10.2. The number of ether oxygens (including phenoxy) is 1. The maximum Gasteiger partial charge on any atom is 0.247 e. The van der Waals surface area contributed by atoms with Gasteiger partial charge in [0.05, 0.1) is 12.3 Å². The molecule has 0 spiro atoms. The van der Waals surface area contributed by atoms with Crippen molar-refractivity contribution in [2.24, 2.45) is 0 Å². The molecule has 2 aliphatic heterocycles. The summed E-state index contributed by atoms with van der Waals surface area (Å²) < 4.78 is 5.57. The van der Waals surface area contributed by atoms with Crippen molar-refractivity contribution < 1.29 is 4.74 Å².